The maximum absolute atomic E-state index is 13.2. The largest absolute Gasteiger partial charge is 0.456 e. The van der Waals surface area contributed by atoms with E-state index >= 15 is 0 Å². The number of halogens is 2. The van der Waals surface area contributed by atoms with Gasteiger partial charge in [-0.1, -0.05) is 6.07 Å². The number of hydrogen-bond acceptors (Lipinski definition) is 2. The third kappa shape index (κ3) is 3.33. The molecule has 0 unspecified atom stereocenters. The van der Waals surface area contributed by atoms with Crippen molar-refractivity contribution in [3.8, 4) is 11.5 Å². The standard InChI is InChI=1S/C15H15BrFNO/c1-9-7-12(4-5-14(9)17)19-15-6-3-11(10(2)18)8-13(15)16/h3-8,10H,18H2,1-2H3/t10-/m0/s1. The van der Waals surface area contributed by atoms with Crippen molar-refractivity contribution < 1.29 is 9.13 Å². The van der Waals surface area contributed by atoms with E-state index in [-0.39, 0.29) is 11.9 Å². The second-order valence-electron chi connectivity index (χ2n) is 4.49. The van der Waals surface area contributed by atoms with Gasteiger partial charge in [0.25, 0.3) is 0 Å². The lowest BCUT2D eigenvalue weighted by Gasteiger charge is -2.11. The zero-order chi connectivity index (χ0) is 14.0. The fraction of sp³-hybridized carbons (Fsp3) is 0.200. The summed E-state index contributed by atoms with van der Waals surface area (Å²) >= 11 is 3.45. The van der Waals surface area contributed by atoms with Crippen molar-refractivity contribution in [3.05, 3.63) is 57.8 Å². The quantitative estimate of drug-likeness (QED) is 0.887. The van der Waals surface area contributed by atoms with Crippen LogP contribution in [0.1, 0.15) is 24.1 Å². The molecule has 0 aliphatic rings. The molecule has 2 rings (SSSR count). The fourth-order valence-corrected chi connectivity index (χ4v) is 2.17. The van der Waals surface area contributed by atoms with Gasteiger partial charge in [-0.15, -0.1) is 0 Å². The first-order valence-electron chi connectivity index (χ1n) is 5.96. The highest BCUT2D eigenvalue weighted by atomic mass is 79.9. The summed E-state index contributed by atoms with van der Waals surface area (Å²) < 4.78 is 19.7. The Balaban J connectivity index is 2.25. The molecule has 19 heavy (non-hydrogen) atoms. The summed E-state index contributed by atoms with van der Waals surface area (Å²) in [6, 6.07) is 10.3. The van der Waals surface area contributed by atoms with E-state index in [2.05, 4.69) is 15.9 Å². The number of benzene rings is 2. The average molecular weight is 324 g/mol. The van der Waals surface area contributed by atoms with E-state index in [1.54, 1.807) is 19.1 Å². The minimum atomic E-state index is -0.237. The Bertz CT molecular complexity index is 599. The predicted octanol–water partition coefficient (Wildman–Crippen LogP) is 4.71. The zero-order valence-electron chi connectivity index (χ0n) is 10.8. The van der Waals surface area contributed by atoms with Crippen molar-refractivity contribution in [1.29, 1.82) is 0 Å². The van der Waals surface area contributed by atoms with Crippen LogP contribution in [0.25, 0.3) is 0 Å². The fourth-order valence-electron chi connectivity index (χ4n) is 1.69. The molecular weight excluding hydrogens is 309 g/mol. The first-order valence-corrected chi connectivity index (χ1v) is 6.75. The lowest BCUT2D eigenvalue weighted by molar-refractivity contribution is 0.476. The summed E-state index contributed by atoms with van der Waals surface area (Å²) in [5.41, 5.74) is 7.40. The van der Waals surface area contributed by atoms with E-state index in [0.717, 1.165) is 10.0 Å². The van der Waals surface area contributed by atoms with Gasteiger partial charge in [0, 0.05) is 6.04 Å². The van der Waals surface area contributed by atoms with Crippen LogP contribution in [0.3, 0.4) is 0 Å². The zero-order valence-corrected chi connectivity index (χ0v) is 12.4. The van der Waals surface area contributed by atoms with Crippen molar-refractivity contribution in [2.45, 2.75) is 19.9 Å². The smallest absolute Gasteiger partial charge is 0.141 e. The number of hydrogen-bond donors (Lipinski definition) is 1. The van der Waals surface area contributed by atoms with Crippen LogP contribution < -0.4 is 10.5 Å². The van der Waals surface area contributed by atoms with Gasteiger partial charge in [-0.3, -0.25) is 0 Å². The normalized spacial score (nSPS) is 12.3. The molecule has 0 aliphatic carbocycles. The van der Waals surface area contributed by atoms with Crippen LogP contribution in [0, 0.1) is 12.7 Å². The molecule has 0 radical (unpaired) electrons. The van der Waals surface area contributed by atoms with Gasteiger partial charge in [0.15, 0.2) is 0 Å². The Hall–Kier alpha value is -1.39. The van der Waals surface area contributed by atoms with Crippen LogP contribution in [0.4, 0.5) is 4.39 Å². The molecule has 0 fully saturated rings. The molecular formula is C15H15BrFNO. The Labute approximate surface area is 120 Å². The van der Waals surface area contributed by atoms with Crippen molar-refractivity contribution in [2.75, 3.05) is 0 Å². The van der Waals surface area contributed by atoms with E-state index in [1.807, 2.05) is 25.1 Å². The molecule has 4 heteroatoms. The molecule has 0 spiro atoms. The van der Waals surface area contributed by atoms with Crippen molar-refractivity contribution in [1.82, 2.24) is 0 Å². The predicted molar refractivity (Wildman–Crippen MR) is 78.0 cm³/mol. The van der Waals surface area contributed by atoms with Crippen LogP contribution in [0.2, 0.25) is 0 Å². The molecule has 0 saturated carbocycles. The van der Waals surface area contributed by atoms with Gasteiger partial charge >= 0.3 is 0 Å². The molecule has 0 aliphatic heterocycles. The van der Waals surface area contributed by atoms with E-state index in [4.69, 9.17) is 10.5 Å². The average Bonchev–Trinajstić information content (AvgIpc) is 2.36. The molecule has 2 aromatic carbocycles. The van der Waals surface area contributed by atoms with Crippen molar-refractivity contribution in [2.24, 2.45) is 5.73 Å². The molecule has 0 saturated heterocycles. The Kier molecular flexibility index (Phi) is 4.22. The van der Waals surface area contributed by atoms with Crippen LogP contribution in [0.15, 0.2) is 40.9 Å². The lowest BCUT2D eigenvalue weighted by atomic mass is 10.1. The van der Waals surface area contributed by atoms with Gasteiger partial charge in [0.1, 0.15) is 17.3 Å². The Morgan fingerprint density at radius 3 is 2.53 bits per heavy atom. The van der Waals surface area contributed by atoms with Gasteiger partial charge in [0.05, 0.1) is 4.47 Å². The van der Waals surface area contributed by atoms with Crippen LogP contribution in [-0.2, 0) is 0 Å². The van der Waals surface area contributed by atoms with Crippen LogP contribution in [-0.4, -0.2) is 0 Å². The van der Waals surface area contributed by atoms with Crippen molar-refractivity contribution >= 4 is 15.9 Å². The van der Waals surface area contributed by atoms with E-state index in [9.17, 15) is 4.39 Å². The molecule has 0 amide bonds. The molecule has 0 aromatic heterocycles. The number of nitrogens with two attached hydrogens (primary N) is 1. The van der Waals surface area contributed by atoms with Gasteiger partial charge in [-0.25, -0.2) is 4.39 Å². The van der Waals surface area contributed by atoms with E-state index < -0.39 is 0 Å². The summed E-state index contributed by atoms with van der Waals surface area (Å²) in [5.74, 6) is 1.04. The van der Waals surface area contributed by atoms with Gasteiger partial charge < -0.3 is 10.5 Å². The second-order valence-corrected chi connectivity index (χ2v) is 5.35. The second kappa shape index (κ2) is 5.72. The highest BCUT2D eigenvalue weighted by Crippen LogP contribution is 2.32. The number of aryl methyl sites for hydroxylation is 1. The summed E-state index contributed by atoms with van der Waals surface area (Å²) in [5, 5.41) is 0. The number of rotatable bonds is 3. The summed E-state index contributed by atoms with van der Waals surface area (Å²) in [6.07, 6.45) is 0. The minimum Gasteiger partial charge on any atom is -0.456 e. The molecule has 1 atom stereocenters. The van der Waals surface area contributed by atoms with E-state index in [1.165, 1.54) is 6.07 Å². The molecule has 0 heterocycles. The lowest BCUT2D eigenvalue weighted by Crippen LogP contribution is -2.04. The van der Waals surface area contributed by atoms with Gasteiger partial charge in [-0.2, -0.15) is 0 Å². The number of ether oxygens (including phenoxy) is 1. The third-order valence-corrected chi connectivity index (χ3v) is 3.46. The minimum absolute atomic E-state index is 0.0292. The topological polar surface area (TPSA) is 35.2 Å². The Morgan fingerprint density at radius 1 is 1.21 bits per heavy atom. The highest BCUT2D eigenvalue weighted by molar-refractivity contribution is 9.10. The van der Waals surface area contributed by atoms with Crippen molar-refractivity contribution in [3.63, 3.8) is 0 Å². The SMILES string of the molecule is Cc1cc(Oc2ccc([C@H](C)N)cc2Br)ccc1F. The monoisotopic (exact) mass is 323 g/mol. The first kappa shape index (κ1) is 14.0. The molecule has 2 nitrogen and oxygen atoms in total. The Morgan fingerprint density at radius 2 is 1.95 bits per heavy atom. The third-order valence-electron chi connectivity index (χ3n) is 2.84. The summed E-state index contributed by atoms with van der Waals surface area (Å²) in [6.45, 7) is 3.63. The van der Waals surface area contributed by atoms with Crippen LogP contribution >= 0.6 is 15.9 Å². The highest BCUT2D eigenvalue weighted by Gasteiger charge is 2.07. The molecule has 2 aromatic rings. The van der Waals surface area contributed by atoms with Gasteiger partial charge in [-0.05, 0) is 71.2 Å². The maximum Gasteiger partial charge on any atom is 0.141 e. The maximum atomic E-state index is 13.2. The van der Waals surface area contributed by atoms with Gasteiger partial charge in [0.2, 0.25) is 0 Å². The van der Waals surface area contributed by atoms with Crippen LogP contribution in [0.5, 0.6) is 11.5 Å². The summed E-state index contributed by atoms with van der Waals surface area (Å²) in [4.78, 5) is 0. The molecule has 100 valence electrons. The molecule has 2 N–H and O–H groups in total. The summed E-state index contributed by atoms with van der Waals surface area (Å²) in [7, 11) is 0. The first-order chi connectivity index (χ1) is 8.97. The van der Waals surface area contributed by atoms with E-state index in [0.29, 0.717) is 17.1 Å². The molecule has 0 bridgehead atoms.